The van der Waals surface area contributed by atoms with Crippen LogP contribution in [0.1, 0.15) is 96.1 Å². The van der Waals surface area contributed by atoms with E-state index < -0.39 is 24.3 Å². The summed E-state index contributed by atoms with van der Waals surface area (Å²) in [4.78, 5) is 71.8. The summed E-state index contributed by atoms with van der Waals surface area (Å²) < 4.78 is 9.56. The number of imidazole rings is 2. The summed E-state index contributed by atoms with van der Waals surface area (Å²) in [6, 6.07) is 14.9. The molecule has 0 unspecified atom stereocenters. The van der Waals surface area contributed by atoms with Crippen molar-refractivity contribution >= 4 is 24.0 Å². The fourth-order valence-corrected chi connectivity index (χ4v) is 7.96. The summed E-state index contributed by atoms with van der Waals surface area (Å²) in [5.74, 6) is 1.01. The molecule has 57 heavy (non-hydrogen) atoms. The Morgan fingerprint density at radius 1 is 0.719 bits per heavy atom. The van der Waals surface area contributed by atoms with Gasteiger partial charge in [-0.15, -0.1) is 0 Å². The molecule has 4 heterocycles. The number of methoxy groups -OCH3 is 2. The average Bonchev–Trinajstić information content (AvgIpc) is 4.05. The van der Waals surface area contributed by atoms with E-state index in [9.17, 15) is 19.2 Å². The Kier molecular flexibility index (Phi) is 13.0. The molecule has 14 heteroatoms. The van der Waals surface area contributed by atoms with Crippen LogP contribution in [0.3, 0.4) is 0 Å². The lowest BCUT2D eigenvalue weighted by Gasteiger charge is -2.30. The quantitative estimate of drug-likeness (QED) is 0.110. The van der Waals surface area contributed by atoms with Gasteiger partial charge >= 0.3 is 12.2 Å². The molecule has 4 aromatic rings. The van der Waals surface area contributed by atoms with Crippen molar-refractivity contribution in [3.05, 3.63) is 72.1 Å². The number of carbonyl (C=O) groups excluding carboxylic acids is 4. The summed E-state index contributed by atoms with van der Waals surface area (Å²) >= 11 is 0. The number of benzene rings is 2. The highest BCUT2D eigenvalue weighted by Crippen LogP contribution is 2.36. The molecule has 2 aromatic carbocycles. The number of H-pyrrole nitrogens is 2. The van der Waals surface area contributed by atoms with Crippen LogP contribution in [0, 0.1) is 11.8 Å². The van der Waals surface area contributed by atoms with E-state index in [1.54, 1.807) is 6.20 Å². The number of aromatic nitrogens is 4. The molecule has 6 rings (SSSR count). The second-order valence-electron chi connectivity index (χ2n) is 15.6. The van der Waals surface area contributed by atoms with Crippen molar-refractivity contribution in [1.29, 1.82) is 0 Å². The zero-order valence-electron chi connectivity index (χ0n) is 34.1. The Morgan fingerprint density at radius 3 is 1.67 bits per heavy atom. The van der Waals surface area contributed by atoms with Crippen molar-refractivity contribution in [1.82, 2.24) is 40.4 Å². The number of ether oxygens (including phenoxy) is 2. The van der Waals surface area contributed by atoms with Crippen LogP contribution in [-0.2, 0) is 25.5 Å². The fourth-order valence-electron chi connectivity index (χ4n) is 7.96. The maximum Gasteiger partial charge on any atom is 0.407 e. The number of carbonyl (C=O) groups is 4. The zero-order valence-corrected chi connectivity index (χ0v) is 34.1. The molecular weight excluding hydrogens is 725 g/mol. The number of nitrogens with zero attached hydrogens (tertiary/aromatic N) is 4. The van der Waals surface area contributed by atoms with Gasteiger partial charge in [-0.25, -0.2) is 19.6 Å². The van der Waals surface area contributed by atoms with Crippen molar-refractivity contribution in [2.45, 2.75) is 97.3 Å². The number of nitrogens with one attached hydrogen (secondary N) is 4. The highest BCUT2D eigenvalue weighted by Gasteiger charge is 2.39. The number of aromatic amines is 2. The van der Waals surface area contributed by atoms with E-state index in [1.165, 1.54) is 14.2 Å². The van der Waals surface area contributed by atoms with Gasteiger partial charge < -0.3 is 39.9 Å². The molecule has 0 aliphatic carbocycles. The number of alkyl carbamates (subject to hydrolysis) is 2. The predicted molar refractivity (Wildman–Crippen MR) is 217 cm³/mol. The SMILES string of the molecule is CCCc1[nH]c([C@@H]2CCCN2C(=O)[C@@H](NC(=O)OC)C(C)C)nc1-c1ccc(-c2ccc(-c3cnc([C@@H]4CCCN4C(=O)[C@@H](NC(=O)OC)C(C)C)[nH]3)cc2)cc1. The third kappa shape index (κ3) is 9.00. The lowest BCUT2D eigenvalue weighted by atomic mass is 10.00. The number of hydrogen-bond donors (Lipinski definition) is 4. The topological polar surface area (TPSA) is 175 Å². The largest absolute Gasteiger partial charge is 0.453 e. The summed E-state index contributed by atoms with van der Waals surface area (Å²) in [6.45, 7) is 11.0. The summed E-state index contributed by atoms with van der Waals surface area (Å²) in [5.41, 5.74) is 6.89. The van der Waals surface area contributed by atoms with Gasteiger partial charge in [-0.3, -0.25) is 9.59 Å². The first kappa shape index (κ1) is 41.0. The van der Waals surface area contributed by atoms with Crippen molar-refractivity contribution < 1.29 is 28.7 Å². The average molecular weight is 781 g/mol. The first-order valence-electron chi connectivity index (χ1n) is 20.1. The van der Waals surface area contributed by atoms with Crippen LogP contribution in [-0.4, -0.2) is 93.1 Å². The first-order valence-corrected chi connectivity index (χ1v) is 20.1. The summed E-state index contributed by atoms with van der Waals surface area (Å²) in [7, 11) is 2.59. The normalized spacial score (nSPS) is 17.8. The fraction of sp³-hybridized carbons (Fsp3) is 0.488. The second kappa shape index (κ2) is 18.1. The molecule has 4 atom stereocenters. The maximum atomic E-state index is 13.7. The van der Waals surface area contributed by atoms with Gasteiger partial charge in [0.25, 0.3) is 0 Å². The zero-order chi connectivity index (χ0) is 40.8. The Morgan fingerprint density at radius 2 is 1.19 bits per heavy atom. The third-order valence-corrected chi connectivity index (χ3v) is 11.1. The van der Waals surface area contributed by atoms with Gasteiger partial charge in [0.2, 0.25) is 11.8 Å². The van der Waals surface area contributed by atoms with Gasteiger partial charge in [-0.05, 0) is 60.6 Å². The number of likely N-dealkylation sites (tertiary alicyclic amines) is 2. The van der Waals surface area contributed by atoms with E-state index in [0.717, 1.165) is 89.5 Å². The molecule has 0 spiro atoms. The lowest BCUT2D eigenvalue weighted by molar-refractivity contribution is -0.136. The summed E-state index contributed by atoms with van der Waals surface area (Å²) in [5, 5.41) is 5.42. The monoisotopic (exact) mass is 780 g/mol. The third-order valence-electron chi connectivity index (χ3n) is 11.1. The molecule has 14 nitrogen and oxygen atoms in total. The van der Waals surface area contributed by atoms with E-state index >= 15 is 0 Å². The van der Waals surface area contributed by atoms with E-state index in [-0.39, 0.29) is 35.7 Å². The number of hydrogen-bond acceptors (Lipinski definition) is 8. The van der Waals surface area contributed by atoms with Crippen LogP contribution < -0.4 is 10.6 Å². The van der Waals surface area contributed by atoms with Crippen LogP contribution >= 0.6 is 0 Å². The minimum absolute atomic E-state index is 0.106. The molecule has 0 saturated carbocycles. The number of aryl methyl sites for hydroxylation is 1. The van der Waals surface area contributed by atoms with Gasteiger partial charge in [0.15, 0.2) is 0 Å². The maximum absolute atomic E-state index is 13.7. The standard InChI is InChI=1S/C43H56N8O6/c1-8-11-31-37(47-39(45-31)34-13-10-23-51(34)41(53)36(26(4)5)49-43(55)57-7)30-20-16-28(17-21-30)27-14-18-29(19-15-27)32-24-44-38(46-32)33-12-9-22-50(33)40(52)35(25(2)3)48-42(54)56-6/h14-21,24-26,33-36H,8-13,22-23H2,1-7H3,(H,44,46)(H,45,47)(H,48,54)(H,49,55)/t33-,34-,35-,36-/m0/s1. The van der Waals surface area contributed by atoms with Crippen molar-refractivity contribution in [2.24, 2.45) is 11.8 Å². The van der Waals surface area contributed by atoms with Gasteiger partial charge in [0, 0.05) is 24.3 Å². The van der Waals surface area contributed by atoms with Crippen LogP contribution in [0.2, 0.25) is 0 Å². The van der Waals surface area contributed by atoms with Crippen molar-refractivity contribution in [2.75, 3.05) is 27.3 Å². The van der Waals surface area contributed by atoms with Gasteiger partial charge in [0.1, 0.15) is 23.7 Å². The molecule has 4 N–H and O–H groups in total. The van der Waals surface area contributed by atoms with Crippen LogP contribution in [0.5, 0.6) is 0 Å². The molecule has 2 saturated heterocycles. The molecule has 2 aliphatic rings. The number of amides is 4. The van der Waals surface area contributed by atoms with E-state index in [0.29, 0.717) is 13.1 Å². The van der Waals surface area contributed by atoms with Crippen LogP contribution in [0.4, 0.5) is 9.59 Å². The molecular formula is C43H56N8O6. The Hall–Kier alpha value is -5.66. The Bertz CT molecular complexity index is 2020. The molecule has 2 fully saturated rings. The van der Waals surface area contributed by atoms with Gasteiger partial charge in [0.05, 0.1) is 43.9 Å². The second-order valence-corrected chi connectivity index (χ2v) is 15.6. The summed E-state index contributed by atoms with van der Waals surface area (Å²) in [6.07, 6.45) is 5.59. The highest BCUT2D eigenvalue weighted by molar-refractivity contribution is 5.87. The van der Waals surface area contributed by atoms with Crippen LogP contribution in [0.25, 0.3) is 33.6 Å². The van der Waals surface area contributed by atoms with Crippen LogP contribution in [0.15, 0.2) is 54.7 Å². The molecule has 2 aromatic heterocycles. The Balaban J connectivity index is 1.16. The predicted octanol–water partition coefficient (Wildman–Crippen LogP) is 7.17. The smallest absolute Gasteiger partial charge is 0.407 e. The molecule has 0 bridgehead atoms. The molecule has 304 valence electrons. The van der Waals surface area contributed by atoms with E-state index in [4.69, 9.17) is 14.5 Å². The highest BCUT2D eigenvalue weighted by atomic mass is 16.5. The van der Waals surface area contributed by atoms with Crippen molar-refractivity contribution in [3.8, 4) is 33.6 Å². The van der Waals surface area contributed by atoms with Crippen molar-refractivity contribution in [3.63, 3.8) is 0 Å². The molecule has 0 radical (unpaired) electrons. The lowest BCUT2D eigenvalue weighted by Crippen LogP contribution is -2.51. The minimum Gasteiger partial charge on any atom is -0.453 e. The first-order chi connectivity index (χ1) is 27.4. The van der Waals surface area contributed by atoms with E-state index in [2.05, 4.69) is 81.0 Å². The Labute approximate surface area is 334 Å². The molecule has 4 amide bonds. The van der Waals surface area contributed by atoms with E-state index in [1.807, 2.05) is 37.5 Å². The minimum atomic E-state index is -0.692. The van der Waals surface area contributed by atoms with Gasteiger partial charge in [-0.1, -0.05) is 89.6 Å². The van der Waals surface area contributed by atoms with Gasteiger partial charge in [-0.2, -0.15) is 0 Å². The number of rotatable bonds is 13. The molecule has 2 aliphatic heterocycles.